The molecule has 0 saturated carbocycles. The van der Waals surface area contributed by atoms with Gasteiger partial charge in [-0.1, -0.05) is 17.7 Å². The molecular formula is C15H16N4O3S. The number of nitrogens with one attached hydrogen (secondary N) is 1. The highest BCUT2D eigenvalue weighted by Gasteiger charge is 2.16. The van der Waals surface area contributed by atoms with E-state index in [0.717, 1.165) is 11.1 Å². The summed E-state index contributed by atoms with van der Waals surface area (Å²) in [5.74, 6) is 0.459. The molecule has 120 valence electrons. The summed E-state index contributed by atoms with van der Waals surface area (Å²) in [5, 5.41) is 3.85. The van der Waals surface area contributed by atoms with Crippen molar-refractivity contribution in [3.63, 3.8) is 0 Å². The molecule has 1 aromatic carbocycles. The molecule has 0 spiro atoms. The summed E-state index contributed by atoms with van der Waals surface area (Å²) in [6.45, 7) is 2.05. The highest BCUT2D eigenvalue weighted by molar-refractivity contribution is 7.89. The van der Waals surface area contributed by atoms with Crippen molar-refractivity contribution in [1.29, 1.82) is 0 Å². The molecule has 0 aliphatic rings. The van der Waals surface area contributed by atoms with Gasteiger partial charge in [0.15, 0.2) is 0 Å². The molecule has 0 atom stereocenters. The lowest BCUT2D eigenvalue weighted by molar-refractivity contribution is 0.569. The summed E-state index contributed by atoms with van der Waals surface area (Å²) < 4.78 is 33.5. The minimum absolute atomic E-state index is 0.0482. The van der Waals surface area contributed by atoms with E-state index in [0.29, 0.717) is 11.6 Å². The van der Waals surface area contributed by atoms with Gasteiger partial charge < -0.3 is 4.42 Å². The number of hydrogen-bond acceptors (Lipinski definition) is 5. The van der Waals surface area contributed by atoms with Gasteiger partial charge in [0, 0.05) is 18.8 Å². The smallest absolute Gasteiger partial charge is 0.244 e. The Morgan fingerprint density at radius 2 is 2.00 bits per heavy atom. The average molecular weight is 332 g/mol. The Labute approximate surface area is 134 Å². The largest absolute Gasteiger partial charge is 0.444 e. The number of sulfonamides is 1. The van der Waals surface area contributed by atoms with Gasteiger partial charge in [-0.3, -0.25) is 4.68 Å². The van der Waals surface area contributed by atoms with Crippen molar-refractivity contribution in [3.05, 3.63) is 54.2 Å². The molecule has 0 saturated heterocycles. The van der Waals surface area contributed by atoms with E-state index in [1.54, 1.807) is 7.05 Å². The summed E-state index contributed by atoms with van der Waals surface area (Å²) in [7, 11) is -1.96. The van der Waals surface area contributed by atoms with Crippen LogP contribution in [0.4, 0.5) is 0 Å². The minimum Gasteiger partial charge on any atom is -0.444 e. The van der Waals surface area contributed by atoms with Crippen molar-refractivity contribution in [2.24, 2.45) is 7.05 Å². The molecule has 0 bridgehead atoms. The maximum atomic E-state index is 12.1. The van der Waals surface area contributed by atoms with Crippen LogP contribution < -0.4 is 4.72 Å². The van der Waals surface area contributed by atoms with E-state index in [-0.39, 0.29) is 11.4 Å². The van der Waals surface area contributed by atoms with Crippen molar-refractivity contribution in [3.8, 4) is 11.5 Å². The molecule has 0 unspecified atom stereocenters. The van der Waals surface area contributed by atoms with E-state index in [2.05, 4.69) is 14.8 Å². The Morgan fingerprint density at radius 3 is 2.65 bits per heavy atom. The molecule has 0 aliphatic carbocycles. The Hall–Kier alpha value is -2.45. The molecule has 0 radical (unpaired) electrons. The molecule has 7 nitrogen and oxygen atoms in total. The normalized spacial score (nSPS) is 11.7. The van der Waals surface area contributed by atoms with Gasteiger partial charge in [0.25, 0.3) is 0 Å². The predicted octanol–water partition coefficient (Wildman–Crippen LogP) is 1.86. The predicted molar refractivity (Wildman–Crippen MR) is 83.9 cm³/mol. The van der Waals surface area contributed by atoms with Gasteiger partial charge in [-0.15, -0.1) is 0 Å². The molecular weight excluding hydrogens is 316 g/mol. The third-order valence-electron chi connectivity index (χ3n) is 3.29. The van der Waals surface area contributed by atoms with E-state index in [9.17, 15) is 8.42 Å². The highest BCUT2D eigenvalue weighted by Crippen LogP contribution is 2.19. The molecule has 2 heterocycles. The first-order valence-electron chi connectivity index (χ1n) is 6.94. The Balaban J connectivity index is 1.71. The number of benzene rings is 1. The quantitative estimate of drug-likeness (QED) is 0.770. The number of aromatic nitrogens is 3. The lowest BCUT2D eigenvalue weighted by Crippen LogP contribution is -2.23. The van der Waals surface area contributed by atoms with E-state index in [1.807, 2.05) is 31.2 Å². The average Bonchev–Trinajstić information content (AvgIpc) is 3.15. The Morgan fingerprint density at radius 1 is 1.26 bits per heavy atom. The molecule has 23 heavy (non-hydrogen) atoms. The van der Waals surface area contributed by atoms with Crippen molar-refractivity contribution in [2.75, 3.05) is 0 Å². The lowest BCUT2D eigenvalue weighted by Gasteiger charge is -2.01. The fraction of sp³-hybridized carbons (Fsp3) is 0.200. The number of nitrogens with zero attached hydrogens (tertiary/aromatic N) is 3. The van der Waals surface area contributed by atoms with Gasteiger partial charge >= 0.3 is 0 Å². The van der Waals surface area contributed by atoms with E-state index >= 15 is 0 Å². The molecule has 2 aromatic heterocycles. The molecule has 3 aromatic rings. The summed E-state index contributed by atoms with van der Waals surface area (Å²) in [5.41, 5.74) is 2.50. The van der Waals surface area contributed by atoms with Crippen LogP contribution in [0.25, 0.3) is 11.5 Å². The first-order chi connectivity index (χ1) is 10.9. The third kappa shape index (κ3) is 3.49. The van der Waals surface area contributed by atoms with Gasteiger partial charge in [0.2, 0.25) is 15.9 Å². The zero-order chi connectivity index (χ0) is 16.4. The molecule has 0 fully saturated rings. The second-order valence-electron chi connectivity index (χ2n) is 5.18. The molecule has 8 heteroatoms. The molecule has 0 aliphatic heterocycles. The Kier molecular flexibility index (Phi) is 4.01. The van der Waals surface area contributed by atoms with Crippen molar-refractivity contribution in [2.45, 2.75) is 18.4 Å². The molecule has 0 amide bonds. The zero-order valence-electron chi connectivity index (χ0n) is 12.7. The standard InChI is InChI=1S/C15H16N4O3S/c1-11-3-5-12(6-4-11)15-18-13(10-22-15)7-17-23(20,21)14-8-16-19(2)9-14/h3-6,8-10,17H,7H2,1-2H3. The number of oxazole rings is 1. The first-order valence-corrected chi connectivity index (χ1v) is 8.42. The van der Waals surface area contributed by atoms with Crippen molar-refractivity contribution >= 4 is 10.0 Å². The van der Waals surface area contributed by atoms with Crippen LogP contribution in [-0.2, 0) is 23.6 Å². The van der Waals surface area contributed by atoms with E-state index < -0.39 is 10.0 Å². The zero-order valence-corrected chi connectivity index (χ0v) is 13.5. The van der Waals surface area contributed by atoms with E-state index in [1.165, 1.54) is 23.3 Å². The molecule has 3 rings (SSSR count). The van der Waals surface area contributed by atoms with Crippen LogP contribution >= 0.6 is 0 Å². The highest BCUT2D eigenvalue weighted by atomic mass is 32.2. The van der Waals surface area contributed by atoms with Crippen LogP contribution in [0.1, 0.15) is 11.3 Å². The van der Waals surface area contributed by atoms with Gasteiger partial charge in [0.1, 0.15) is 11.2 Å². The Bertz CT molecular complexity index is 910. The second-order valence-corrected chi connectivity index (χ2v) is 6.95. The van der Waals surface area contributed by atoms with Crippen LogP contribution in [0.5, 0.6) is 0 Å². The topological polar surface area (TPSA) is 90.0 Å². The van der Waals surface area contributed by atoms with Crippen molar-refractivity contribution < 1.29 is 12.8 Å². The number of hydrogen-bond donors (Lipinski definition) is 1. The maximum absolute atomic E-state index is 12.1. The number of aryl methyl sites for hydroxylation is 2. The fourth-order valence-electron chi connectivity index (χ4n) is 2.01. The van der Waals surface area contributed by atoms with Crippen LogP contribution in [0.15, 0.2) is 52.2 Å². The summed E-state index contributed by atoms with van der Waals surface area (Å²) in [4.78, 5) is 4.41. The van der Waals surface area contributed by atoms with Gasteiger partial charge in [-0.25, -0.2) is 18.1 Å². The minimum atomic E-state index is -3.61. The summed E-state index contributed by atoms with van der Waals surface area (Å²) >= 11 is 0. The van der Waals surface area contributed by atoms with E-state index in [4.69, 9.17) is 4.42 Å². The van der Waals surface area contributed by atoms with Crippen LogP contribution in [-0.4, -0.2) is 23.2 Å². The molecule has 1 N–H and O–H groups in total. The first kappa shape index (κ1) is 15.4. The van der Waals surface area contributed by atoms with Gasteiger partial charge in [0.05, 0.1) is 18.4 Å². The monoisotopic (exact) mass is 332 g/mol. The summed E-state index contributed by atoms with van der Waals surface area (Å²) in [6, 6.07) is 7.74. The van der Waals surface area contributed by atoms with Crippen molar-refractivity contribution in [1.82, 2.24) is 19.5 Å². The van der Waals surface area contributed by atoms with Gasteiger partial charge in [-0.2, -0.15) is 5.10 Å². The maximum Gasteiger partial charge on any atom is 0.244 e. The van der Waals surface area contributed by atoms with Crippen LogP contribution in [0.2, 0.25) is 0 Å². The SMILES string of the molecule is Cc1ccc(-c2nc(CNS(=O)(=O)c3cnn(C)c3)co2)cc1. The third-order valence-corrected chi connectivity index (χ3v) is 4.64. The fourth-order valence-corrected chi connectivity index (χ4v) is 2.99. The van der Waals surface area contributed by atoms with Crippen LogP contribution in [0, 0.1) is 6.92 Å². The lowest BCUT2D eigenvalue weighted by atomic mass is 10.1. The van der Waals surface area contributed by atoms with Crippen LogP contribution in [0.3, 0.4) is 0 Å². The number of rotatable bonds is 5. The second kappa shape index (κ2) is 5.98. The van der Waals surface area contributed by atoms with Gasteiger partial charge in [-0.05, 0) is 19.1 Å². The summed E-state index contributed by atoms with van der Waals surface area (Å²) in [6.07, 6.45) is 4.17.